The first kappa shape index (κ1) is 15.3. The van der Waals surface area contributed by atoms with E-state index < -0.39 is 5.82 Å². The van der Waals surface area contributed by atoms with Gasteiger partial charge in [0.2, 0.25) is 0 Å². The summed E-state index contributed by atoms with van der Waals surface area (Å²) in [6, 6.07) is 4.96. The summed E-state index contributed by atoms with van der Waals surface area (Å²) in [4.78, 5) is 2.35. The third kappa shape index (κ3) is 3.70. The number of benzene rings is 1. The van der Waals surface area contributed by atoms with Crippen LogP contribution in [0.1, 0.15) is 38.3 Å². The van der Waals surface area contributed by atoms with Crippen LogP contribution in [0, 0.1) is 11.7 Å². The van der Waals surface area contributed by atoms with Gasteiger partial charge in [-0.2, -0.15) is 0 Å². The Morgan fingerprint density at radius 3 is 2.60 bits per heavy atom. The Labute approximate surface area is 120 Å². The fraction of sp³-hybridized carbons (Fsp3) is 0.625. The van der Waals surface area contributed by atoms with Gasteiger partial charge in [0.05, 0.1) is 0 Å². The quantitative estimate of drug-likeness (QED) is 0.870. The summed E-state index contributed by atoms with van der Waals surface area (Å²) in [5, 5.41) is 13.4. The number of rotatable bonds is 5. The van der Waals surface area contributed by atoms with Crippen LogP contribution in [-0.2, 0) is 0 Å². The maximum absolute atomic E-state index is 13.6. The van der Waals surface area contributed by atoms with Crippen LogP contribution >= 0.6 is 0 Å². The molecule has 0 radical (unpaired) electrons. The molecule has 4 heteroatoms. The average molecular weight is 280 g/mol. The number of hydrogen-bond donors (Lipinski definition) is 2. The van der Waals surface area contributed by atoms with Gasteiger partial charge < -0.3 is 10.4 Å². The minimum Gasteiger partial charge on any atom is -0.505 e. The number of nitrogens with zero attached hydrogens (tertiary/aromatic N) is 1. The van der Waals surface area contributed by atoms with Crippen molar-refractivity contribution in [2.75, 3.05) is 26.2 Å². The monoisotopic (exact) mass is 280 g/mol. The molecule has 0 unspecified atom stereocenters. The molecule has 1 aliphatic heterocycles. The zero-order valence-electron chi connectivity index (χ0n) is 12.4. The van der Waals surface area contributed by atoms with Gasteiger partial charge in [0.1, 0.15) is 0 Å². The minimum atomic E-state index is -0.521. The van der Waals surface area contributed by atoms with Crippen LogP contribution in [0.2, 0.25) is 0 Å². The lowest BCUT2D eigenvalue weighted by atomic mass is 9.95. The maximum Gasteiger partial charge on any atom is 0.165 e. The highest BCUT2D eigenvalue weighted by Gasteiger charge is 2.25. The topological polar surface area (TPSA) is 35.5 Å². The van der Waals surface area contributed by atoms with Gasteiger partial charge in [0.25, 0.3) is 0 Å². The van der Waals surface area contributed by atoms with Crippen LogP contribution in [0.15, 0.2) is 18.2 Å². The molecular weight excluding hydrogens is 255 g/mol. The average Bonchev–Trinajstić information content (AvgIpc) is 2.44. The fourth-order valence-electron chi connectivity index (χ4n) is 2.82. The molecule has 0 amide bonds. The van der Waals surface area contributed by atoms with Gasteiger partial charge in [0.15, 0.2) is 11.6 Å². The van der Waals surface area contributed by atoms with Crippen molar-refractivity contribution in [1.29, 1.82) is 0 Å². The molecule has 1 heterocycles. The van der Waals surface area contributed by atoms with Crippen LogP contribution in [-0.4, -0.2) is 36.2 Å². The molecule has 0 bridgehead atoms. The second kappa shape index (κ2) is 7.04. The van der Waals surface area contributed by atoms with E-state index in [4.69, 9.17) is 0 Å². The van der Waals surface area contributed by atoms with Crippen LogP contribution in [0.3, 0.4) is 0 Å². The second-order valence-corrected chi connectivity index (χ2v) is 5.95. The Hall–Kier alpha value is -1.13. The number of nitrogens with one attached hydrogen (secondary N) is 1. The first-order valence-electron chi connectivity index (χ1n) is 7.51. The molecule has 1 aliphatic rings. The van der Waals surface area contributed by atoms with Crippen LogP contribution < -0.4 is 5.32 Å². The van der Waals surface area contributed by atoms with Gasteiger partial charge in [-0.15, -0.1) is 0 Å². The van der Waals surface area contributed by atoms with Crippen molar-refractivity contribution in [2.24, 2.45) is 5.92 Å². The lowest BCUT2D eigenvalue weighted by Gasteiger charge is -2.36. The minimum absolute atomic E-state index is 0.107. The Morgan fingerprint density at radius 2 is 1.95 bits per heavy atom. The second-order valence-electron chi connectivity index (χ2n) is 5.95. The number of piperazine rings is 1. The number of hydrogen-bond acceptors (Lipinski definition) is 3. The Kier molecular flexibility index (Phi) is 5.38. The first-order valence-corrected chi connectivity index (χ1v) is 7.51. The van der Waals surface area contributed by atoms with Crippen molar-refractivity contribution in [3.63, 3.8) is 0 Å². The van der Waals surface area contributed by atoms with Crippen molar-refractivity contribution in [3.8, 4) is 5.75 Å². The zero-order chi connectivity index (χ0) is 14.5. The molecule has 1 aromatic rings. The predicted molar refractivity (Wildman–Crippen MR) is 79.3 cm³/mol. The summed E-state index contributed by atoms with van der Waals surface area (Å²) in [6.45, 7) is 8.18. The molecule has 0 spiro atoms. The van der Waals surface area contributed by atoms with Crippen LogP contribution in [0.5, 0.6) is 5.75 Å². The molecule has 20 heavy (non-hydrogen) atoms. The molecule has 0 aliphatic carbocycles. The van der Waals surface area contributed by atoms with Gasteiger partial charge in [0, 0.05) is 37.8 Å². The molecule has 1 fully saturated rings. The third-order valence-corrected chi connectivity index (χ3v) is 3.99. The Bertz CT molecular complexity index is 430. The molecular formula is C16H25FN2O. The number of phenols is 1. The highest BCUT2D eigenvalue weighted by Crippen LogP contribution is 2.34. The van der Waals surface area contributed by atoms with E-state index in [9.17, 15) is 9.50 Å². The largest absolute Gasteiger partial charge is 0.505 e. The number of para-hydroxylation sites is 1. The lowest BCUT2D eigenvalue weighted by Crippen LogP contribution is -2.45. The fourth-order valence-corrected chi connectivity index (χ4v) is 2.82. The highest BCUT2D eigenvalue weighted by atomic mass is 19.1. The summed E-state index contributed by atoms with van der Waals surface area (Å²) in [7, 11) is 0. The standard InChI is InChI=1S/C16H25FN2O/c1-12(2)6-7-15(19-10-8-18-9-11-19)13-4-3-5-14(17)16(13)20/h3-5,12,15,18,20H,6-11H2,1-2H3/t15-/m1/s1. The van der Waals surface area contributed by atoms with Gasteiger partial charge in [-0.25, -0.2) is 4.39 Å². The molecule has 0 saturated carbocycles. The molecule has 1 atom stereocenters. The SMILES string of the molecule is CC(C)CC[C@H](c1cccc(F)c1O)N1CCNCC1. The van der Waals surface area contributed by atoms with Gasteiger partial charge in [-0.1, -0.05) is 26.0 Å². The number of halogens is 1. The van der Waals surface area contributed by atoms with E-state index in [1.54, 1.807) is 6.07 Å². The summed E-state index contributed by atoms with van der Waals surface area (Å²) in [5.41, 5.74) is 0.729. The summed E-state index contributed by atoms with van der Waals surface area (Å²) in [5.74, 6) is -0.0944. The van der Waals surface area contributed by atoms with E-state index in [0.29, 0.717) is 5.92 Å². The van der Waals surface area contributed by atoms with E-state index >= 15 is 0 Å². The summed E-state index contributed by atoms with van der Waals surface area (Å²) in [6.07, 6.45) is 2.03. The first-order chi connectivity index (χ1) is 9.59. The van der Waals surface area contributed by atoms with Crippen molar-refractivity contribution in [1.82, 2.24) is 10.2 Å². The van der Waals surface area contributed by atoms with Gasteiger partial charge in [-0.05, 0) is 24.8 Å². The number of phenolic OH excluding ortho intramolecular Hbond substituents is 1. The Balaban J connectivity index is 2.22. The third-order valence-electron chi connectivity index (χ3n) is 3.99. The molecule has 1 aromatic carbocycles. The van der Waals surface area contributed by atoms with Crippen molar-refractivity contribution >= 4 is 0 Å². The molecule has 0 aromatic heterocycles. The van der Waals surface area contributed by atoms with Gasteiger partial charge >= 0.3 is 0 Å². The zero-order valence-corrected chi connectivity index (χ0v) is 12.4. The smallest absolute Gasteiger partial charge is 0.165 e. The van der Waals surface area contributed by atoms with Crippen LogP contribution in [0.4, 0.5) is 4.39 Å². The molecule has 2 N–H and O–H groups in total. The van der Waals surface area contributed by atoms with Crippen LogP contribution in [0.25, 0.3) is 0 Å². The van der Waals surface area contributed by atoms with E-state index in [1.165, 1.54) is 6.07 Å². The summed E-state index contributed by atoms with van der Waals surface area (Å²) >= 11 is 0. The predicted octanol–water partition coefficient (Wildman–Crippen LogP) is 2.91. The van der Waals surface area contributed by atoms with Crippen molar-refractivity contribution in [3.05, 3.63) is 29.6 Å². The molecule has 2 rings (SSSR count). The number of aromatic hydroxyl groups is 1. The van der Waals surface area contributed by atoms with Crippen molar-refractivity contribution < 1.29 is 9.50 Å². The van der Waals surface area contributed by atoms with E-state index in [2.05, 4.69) is 24.1 Å². The lowest BCUT2D eigenvalue weighted by molar-refractivity contribution is 0.156. The molecule has 112 valence electrons. The maximum atomic E-state index is 13.6. The van der Waals surface area contributed by atoms with E-state index in [1.807, 2.05) is 6.07 Å². The van der Waals surface area contributed by atoms with Crippen molar-refractivity contribution in [2.45, 2.75) is 32.7 Å². The molecule has 1 saturated heterocycles. The summed E-state index contributed by atoms with van der Waals surface area (Å²) < 4.78 is 13.6. The Morgan fingerprint density at radius 1 is 1.25 bits per heavy atom. The normalized spacial score (nSPS) is 18.4. The molecule has 3 nitrogen and oxygen atoms in total. The van der Waals surface area contributed by atoms with E-state index in [-0.39, 0.29) is 11.8 Å². The van der Waals surface area contributed by atoms with E-state index in [0.717, 1.165) is 44.6 Å². The van der Waals surface area contributed by atoms with Gasteiger partial charge in [-0.3, -0.25) is 4.90 Å². The highest BCUT2D eigenvalue weighted by molar-refractivity contribution is 5.36.